The molecule has 30 heavy (non-hydrogen) atoms. The topological polar surface area (TPSA) is 113 Å². The van der Waals surface area contributed by atoms with Crippen molar-refractivity contribution in [2.75, 3.05) is 11.5 Å². The highest BCUT2D eigenvalue weighted by atomic mass is 32.2. The minimum Gasteiger partial charge on any atom is -0.481 e. The highest BCUT2D eigenvalue weighted by molar-refractivity contribution is 8.00. The average Bonchev–Trinajstić information content (AvgIpc) is 2.74. The second-order valence-corrected chi connectivity index (χ2v) is 8.17. The predicted octanol–water partition coefficient (Wildman–Crippen LogP) is 4.20. The van der Waals surface area contributed by atoms with Crippen molar-refractivity contribution in [1.82, 2.24) is 15.0 Å². The van der Waals surface area contributed by atoms with Gasteiger partial charge >= 0.3 is 11.9 Å². The minimum absolute atomic E-state index is 0.206. The molecular weight excluding hydrogens is 422 g/mol. The van der Waals surface area contributed by atoms with E-state index < -0.39 is 11.9 Å². The van der Waals surface area contributed by atoms with Gasteiger partial charge in [0.25, 0.3) is 0 Å². The van der Waals surface area contributed by atoms with E-state index in [0.29, 0.717) is 5.82 Å². The van der Waals surface area contributed by atoms with Gasteiger partial charge in [-0.3, -0.25) is 9.59 Å². The molecule has 0 aliphatic heterocycles. The van der Waals surface area contributed by atoms with Crippen LogP contribution in [0.1, 0.15) is 0 Å². The van der Waals surface area contributed by atoms with Crippen LogP contribution in [0.25, 0.3) is 32.9 Å². The van der Waals surface area contributed by atoms with Crippen molar-refractivity contribution in [1.29, 1.82) is 0 Å². The summed E-state index contributed by atoms with van der Waals surface area (Å²) in [6.45, 7) is 0. The molecule has 0 radical (unpaired) electrons. The van der Waals surface area contributed by atoms with Gasteiger partial charge in [-0.25, -0.2) is 9.97 Å². The standard InChI is InChI=1S/C21H15N3O4S2/c25-16(26)10-29-20-22-19(23-21(24-20)30-11-17(27)28)18-14-7-3-1-5-12(14)9-13-6-2-4-8-15(13)18/h1-9H,10-11H2,(H,25,26)(H,27,28). The lowest BCUT2D eigenvalue weighted by Crippen LogP contribution is -2.04. The number of thioether (sulfide) groups is 2. The Morgan fingerprint density at radius 3 is 1.67 bits per heavy atom. The van der Waals surface area contributed by atoms with Crippen LogP contribution in [0.3, 0.4) is 0 Å². The maximum absolute atomic E-state index is 11.0. The molecule has 4 rings (SSSR count). The number of carboxylic acids is 2. The zero-order valence-corrected chi connectivity index (χ0v) is 17.1. The molecule has 7 nitrogen and oxygen atoms in total. The Bertz CT molecular complexity index is 1190. The first-order valence-corrected chi connectivity index (χ1v) is 10.8. The summed E-state index contributed by atoms with van der Waals surface area (Å²) in [7, 11) is 0. The first kappa shape index (κ1) is 20.1. The number of aliphatic carboxylic acids is 2. The lowest BCUT2D eigenvalue weighted by molar-refractivity contribution is -0.134. The van der Waals surface area contributed by atoms with Crippen molar-refractivity contribution in [3.63, 3.8) is 0 Å². The molecule has 0 saturated heterocycles. The van der Waals surface area contributed by atoms with Gasteiger partial charge < -0.3 is 10.2 Å². The number of carbonyl (C=O) groups is 2. The largest absolute Gasteiger partial charge is 0.481 e. The lowest BCUT2D eigenvalue weighted by atomic mass is 9.96. The van der Waals surface area contributed by atoms with E-state index >= 15 is 0 Å². The summed E-state index contributed by atoms with van der Waals surface area (Å²) in [5, 5.41) is 22.5. The normalized spacial score (nSPS) is 11.1. The van der Waals surface area contributed by atoms with Gasteiger partial charge in [0.2, 0.25) is 0 Å². The molecule has 0 bridgehead atoms. The number of rotatable bonds is 7. The Labute approximate surface area is 179 Å². The van der Waals surface area contributed by atoms with Crippen LogP contribution in [0, 0.1) is 0 Å². The Kier molecular flexibility index (Phi) is 5.82. The summed E-state index contributed by atoms with van der Waals surface area (Å²) >= 11 is 1.95. The highest BCUT2D eigenvalue weighted by Crippen LogP contribution is 2.35. The zero-order chi connectivity index (χ0) is 21.1. The van der Waals surface area contributed by atoms with E-state index in [1.54, 1.807) is 0 Å². The molecule has 4 aromatic rings. The molecule has 1 heterocycles. The molecule has 1 aromatic heterocycles. The molecule has 0 fully saturated rings. The van der Waals surface area contributed by atoms with Crippen molar-refractivity contribution in [2.24, 2.45) is 0 Å². The number of benzene rings is 3. The quantitative estimate of drug-likeness (QED) is 0.324. The van der Waals surface area contributed by atoms with E-state index in [0.717, 1.165) is 50.6 Å². The van der Waals surface area contributed by atoms with Crippen molar-refractivity contribution in [3.8, 4) is 11.4 Å². The summed E-state index contributed by atoms with van der Waals surface area (Å²) in [6.07, 6.45) is 0. The zero-order valence-electron chi connectivity index (χ0n) is 15.5. The first-order chi connectivity index (χ1) is 14.5. The summed E-state index contributed by atoms with van der Waals surface area (Å²) in [4.78, 5) is 35.3. The molecule has 0 unspecified atom stereocenters. The molecule has 9 heteroatoms. The monoisotopic (exact) mass is 437 g/mol. The van der Waals surface area contributed by atoms with Gasteiger partial charge in [0.05, 0.1) is 11.5 Å². The van der Waals surface area contributed by atoms with Crippen LogP contribution in [0.5, 0.6) is 0 Å². The predicted molar refractivity (Wildman–Crippen MR) is 117 cm³/mol. The second-order valence-electron chi connectivity index (χ2n) is 6.28. The summed E-state index contributed by atoms with van der Waals surface area (Å²) in [5.74, 6) is -2.00. The molecule has 150 valence electrons. The Hall–Kier alpha value is -3.17. The summed E-state index contributed by atoms with van der Waals surface area (Å²) in [6, 6.07) is 17.8. The minimum atomic E-state index is -0.989. The van der Waals surface area contributed by atoms with Crippen LogP contribution in [-0.4, -0.2) is 48.6 Å². The summed E-state index contributed by atoms with van der Waals surface area (Å²) < 4.78 is 0. The molecule has 0 atom stereocenters. The van der Waals surface area contributed by atoms with Crippen LogP contribution >= 0.6 is 23.5 Å². The van der Waals surface area contributed by atoms with Gasteiger partial charge in [-0.2, -0.15) is 4.98 Å². The lowest BCUT2D eigenvalue weighted by Gasteiger charge is -2.12. The van der Waals surface area contributed by atoms with Gasteiger partial charge in [0.15, 0.2) is 16.1 Å². The number of fused-ring (bicyclic) bond motifs is 2. The highest BCUT2D eigenvalue weighted by Gasteiger charge is 2.17. The van der Waals surface area contributed by atoms with Gasteiger partial charge in [-0.05, 0) is 27.6 Å². The molecule has 0 aliphatic rings. The van der Waals surface area contributed by atoms with Gasteiger partial charge in [-0.15, -0.1) is 0 Å². The van der Waals surface area contributed by atoms with Gasteiger partial charge in [0, 0.05) is 5.56 Å². The van der Waals surface area contributed by atoms with E-state index in [9.17, 15) is 9.59 Å². The van der Waals surface area contributed by atoms with Crippen molar-refractivity contribution in [3.05, 3.63) is 54.6 Å². The van der Waals surface area contributed by atoms with E-state index in [4.69, 9.17) is 10.2 Å². The molecular formula is C21H15N3O4S2. The second kappa shape index (κ2) is 8.68. The van der Waals surface area contributed by atoms with Crippen LogP contribution < -0.4 is 0 Å². The van der Waals surface area contributed by atoms with Gasteiger partial charge in [-0.1, -0.05) is 72.1 Å². The fourth-order valence-corrected chi connectivity index (χ4v) is 4.25. The Balaban J connectivity index is 1.94. The van der Waals surface area contributed by atoms with E-state index in [1.165, 1.54) is 0 Å². The van der Waals surface area contributed by atoms with E-state index in [1.807, 2.05) is 48.5 Å². The molecule has 0 amide bonds. The fourth-order valence-electron chi connectivity index (χ4n) is 3.09. The van der Waals surface area contributed by atoms with Crippen LogP contribution in [-0.2, 0) is 9.59 Å². The smallest absolute Gasteiger partial charge is 0.313 e. The third kappa shape index (κ3) is 4.37. The van der Waals surface area contributed by atoms with Crippen molar-refractivity contribution < 1.29 is 19.8 Å². The Morgan fingerprint density at radius 1 is 0.733 bits per heavy atom. The molecule has 0 aliphatic carbocycles. The molecule has 0 saturated carbocycles. The SMILES string of the molecule is O=C(O)CSc1nc(SCC(=O)O)nc(-c2c3ccccc3cc3ccccc23)n1. The number of aromatic nitrogens is 3. The number of nitrogens with zero attached hydrogens (tertiary/aromatic N) is 3. The summed E-state index contributed by atoms with van der Waals surface area (Å²) in [5.41, 5.74) is 0.806. The van der Waals surface area contributed by atoms with Crippen LogP contribution in [0.15, 0.2) is 64.9 Å². The van der Waals surface area contributed by atoms with Crippen LogP contribution in [0.2, 0.25) is 0 Å². The number of hydrogen-bond acceptors (Lipinski definition) is 7. The van der Waals surface area contributed by atoms with Crippen molar-refractivity contribution >= 4 is 57.0 Å². The van der Waals surface area contributed by atoms with E-state index in [2.05, 4.69) is 21.0 Å². The Morgan fingerprint density at radius 2 is 1.20 bits per heavy atom. The third-order valence-electron chi connectivity index (χ3n) is 4.24. The molecule has 0 spiro atoms. The van der Waals surface area contributed by atoms with Crippen LogP contribution in [0.4, 0.5) is 0 Å². The maximum Gasteiger partial charge on any atom is 0.313 e. The number of hydrogen-bond donors (Lipinski definition) is 2. The maximum atomic E-state index is 11.0. The van der Waals surface area contributed by atoms with E-state index in [-0.39, 0.29) is 21.8 Å². The van der Waals surface area contributed by atoms with Gasteiger partial charge in [0.1, 0.15) is 0 Å². The fraction of sp³-hybridized carbons (Fsp3) is 0.0952. The number of carboxylic acid groups (broad SMARTS) is 2. The van der Waals surface area contributed by atoms with Crippen molar-refractivity contribution in [2.45, 2.75) is 10.3 Å². The average molecular weight is 438 g/mol. The third-order valence-corrected chi connectivity index (χ3v) is 5.90. The molecule has 3 aromatic carbocycles. The molecule has 2 N–H and O–H groups in total. The first-order valence-electron chi connectivity index (χ1n) is 8.87.